The summed E-state index contributed by atoms with van der Waals surface area (Å²) in [5.41, 5.74) is 1.19. The van der Waals surface area contributed by atoms with E-state index in [1.165, 1.54) is 12.1 Å². The molecule has 1 N–H and O–H groups in total. The lowest BCUT2D eigenvalue weighted by Crippen LogP contribution is -2.41. The van der Waals surface area contributed by atoms with Crippen molar-refractivity contribution in [2.45, 2.75) is 31.3 Å². The molecule has 1 aromatic carbocycles. The Hall–Kier alpha value is -0.890. The number of halogens is 1. The summed E-state index contributed by atoms with van der Waals surface area (Å²) < 4.78 is 12.6. The van der Waals surface area contributed by atoms with Crippen molar-refractivity contribution >= 4 is 0 Å². The van der Waals surface area contributed by atoms with Crippen molar-refractivity contribution in [3.05, 3.63) is 35.6 Å². The molecule has 0 unspecified atom stereocenters. The molecule has 0 spiro atoms. The van der Waals surface area contributed by atoms with Gasteiger partial charge in [0.15, 0.2) is 0 Å². The van der Waals surface area contributed by atoms with E-state index in [0.717, 1.165) is 18.4 Å². The highest BCUT2D eigenvalue weighted by Crippen LogP contribution is 2.43. The maximum Gasteiger partial charge on any atom is 0.123 e. The second kappa shape index (κ2) is 2.81. The van der Waals surface area contributed by atoms with Gasteiger partial charge in [-0.1, -0.05) is 19.1 Å². The SMILES string of the molecule is C[C@]1(c2ccc(F)cc2)C[C@@H](O)C1. The van der Waals surface area contributed by atoms with Crippen LogP contribution in [0.3, 0.4) is 0 Å². The standard InChI is InChI=1S/C11H13FO/c1-11(6-10(13)7-11)8-2-4-9(12)5-3-8/h2-5,10,13H,6-7H2,1H3/t10-,11+. The van der Waals surface area contributed by atoms with Gasteiger partial charge in [0, 0.05) is 0 Å². The van der Waals surface area contributed by atoms with Crippen molar-refractivity contribution < 1.29 is 9.50 Å². The van der Waals surface area contributed by atoms with E-state index in [1.54, 1.807) is 12.1 Å². The smallest absolute Gasteiger partial charge is 0.123 e. The van der Waals surface area contributed by atoms with Crippen LogP contribution in [0.5, 0.6) is 0 Å². The van der Waals surface area contributed by atoms with E-state index >= 15 is 0 Å². The van der Waals surface area contributed by atoms with Crippen molar-refractivity contribution in [3.8, 4) is 0 Å². The van der Waals surface area contributed by atoms with Crippen LogP contribution in [0.4, 0.5) is 4.39 Å². The van der Waals surface area contributed by atoms with E-state index in [-0.39, 0.29) is 17.3 Å². The molecule has 70 valence electrons. The van der Waals surface area contributed by atoms with Gasteiger partial charge in [-0.25, -0.2) is 4.39 Å². The number of hydrogen-bond acceptors (Lipinski definition) is 1. The largest absolute Gasteiger partial charge is 0.393 e. The minimum absolute atomic E-state index is 0.0626. The Kier molecular flexibility index (Phi) is 1.88. The molecular weight excluding hydrogens is 167 g/mol. The van der Waals surface area contributed by atoms with E-state index in [0.29, 0.717) is 0 Å². The highest BCUT2D eigenvalue weighted by molar-refractivity contribution is 5.28. The average molecular weight is 180 g/mol. The second-order valence-electron chi connectivity index (χ2n) is 4.13. The zero-order chi connectivity index (χ0) is 9.47. The van der Waals surface area contributed by atoms with Crippen molar-refractivity contribution in [2.75, 3.05) is 0 Å². The number of aliphatic hydroxyl groups excluding tert-OH is 1. The van der Waals surface area contributed by atoms with Gasteiger partial charge < -0.3 is 5.11 Å². The van der Waals surface area contributed by atoms with Crippen LogP contribution in [0.2, 0.25) is 0 Å². The molecule has 1 fully saturated rings. The van der Waals surface area contributed by atoms with Gasteiger partial charge in [0.25, 0.3) is 0 Å². The van der Waals surface area contributed by atoms with Crippen LogP contribution in [-0.2, 0) is 5.41 Å². The van der Waals surface area contributed by atoms with Crippen LogP contribution in [0.25, 0.3) is 0 Å². The molecule has 0 saturated heterocycles. The summed E-state index contributed by atoms with van der Waals surface area (Å²) in [5.74, 6) is -0.202. The monoisotopic (exact) mass is 180 g/mol. The maximum absolute atomic E-state index is 12.6. The highest BCUT2D eigenvalue weighted by Gasteiger charge is 2.40. The molecule has 1 aliphatic carbocycles. The Morgan fingerprint density at radius 2 is 1.85 bits per heavy atom. The first kappa shape index (κ1) is 8.70. The summed E-state index contributed by atoms with van der Waals surface area (Å²) in [5, 5.41) is 9.23. The second-order valence-corrected chi connectivity index (χ2v) is 4.13. The van der Waals surface area contributed by atoms with Crippen molar-refractivity contribution in [2.24, 2.45) is 0 Å². The lowest BCUT2D eigenvalue weighted by Gasteiger charge is -2.43. The summed E-state index contributed by atoms with van der Waals surface area (Å²) in [7, 11) is 0. The molecule has 1 aliphatic rings. The van der Waals surface area contributed by atoms with Gasteiger partial charge in [-0.2, -0.15) is 0 Å². The molecule has 0 aliphatic heterocycles. The van der Waals surface area contributed by atoms with Crippen molar-refractivity contribution in [1.82, 2.24) is 0 Å². The van der Waals surface area contributed by atoms with Crippen LogP contribution >= 0.6 is 0 Å². The topological polar surface area (TPSA) is 20.2 Å². The molecule has 0 radical (unpaired) electrons. The fourth-order valence-corrected chi connectivity index (χ4v) is 2.07. The third-order valence-electron chi connectivity index (χ3n) is 2.91. The van der Waals surface area contributed by atoms with E-state index in [9.17, 15) is 9.50 Å². The molecular formula is C11H13FO. The molecule has 13 heavy (non-hydrogen) atoms. The Morgan fingerprint density at radius 1 is 1.31 bits per heavy atom. The molecule has 1 aromatic rings. The first-order valence-electron chi connectivity index (χ1n) is 4.54. The van der Waals surface area contributed by atoms with E-state index in [1.807, 2.05) is 0 Å². The summed E-state index contributed by atoms with van der Waals surface area (Å²) in [4.78, 5) is 0. The van der Waals surface area contributed by atoms with Crippen LogP contribution in [0, 0.1) is 5.82 Å². The summed E-state index contributed by atoms with van der Waals surface area (Å²) in [6.45, 7) is 2.10. The van der Waals surface area contributed by atoms with E-state index < -0.39 is 0 Å². The molecule has 0 aromatic heterocycles. The van der Waals surface area contributed by atoms with Gasteiger partial charge in [0.2, 0.25) is 0 Å². The highest BCUT2D eigenvalue weighted by atomic mass is 19.1. The summed E-state index contributed by atoms with van der Waals surface area (Å²) in [6, 6.07) is 6.57. The predicted molar refractivity (Wildman–Crippen MR) is 49.0 cm³/mol. The van der Waals surface area contributed by atoms with Crippen LogP contribution in [-0.4, -0.2) is 11.2 Å². The Labute approximate surface area is 77.2 Å². The third kappa shape index (κ3) is 1.46. The molecule has 2 heteroatoms. The Bertz CT molecular complexity index is 298. The summed E-state index contributed by atoms with van der Waals surface area (Å²) >= 11 is 0. The first-order chi connectivity index (χ1) is 6.10. The molecule has 0 atom stereocenters. The van der Waals surface area contributed by atoms with Crippen LogP contribution in [0.15, 0.2) is 24.3 Å². The summed E-state index contributed by atoms with van der Waals surface area (Å²) in [6.07, 6.45) is 1.41. The third-order valence-corrected chi connectivity index (χ3v) is 2.91. The van der Waals surface area contributed by atoms with Gasteiger partial charge in [-0.15, -0.1) is 0 Å². The van der Waals surface area contributed by atoms with Crippen molar-refractivity contribution in [1.29, 1.82) is 0 Å². The number of benzene rings is 1. The molecule has 1 saturated carbocycles. The fourth-order valence-electron chi connectivity index (χ4n) is 2.07. The zero-order valence-electron chi connectivity index (χ0n) is 7.63. The number of aliphatic hydroxyl groups is 1. The number of hydrogen-bond donors (Lipinski definition) is 1. The van der Waals surface area contributed by atoms with Gasteiger partial charge in [0.1, 0.15) is 5.82 Å². The van der Waals surface area contributed by atoms with E-state index in [2.05, 4.69) is 6.92 Å². The lowest BCUT2D eigenvalue weighted by molar-refractivity contribution is 0.0272. The normalized spacial score (nSPS) is 32.7. The van der Waals surface area contributed by atoms with Gasteiger partial charge in [0.05, 0.1) is 6.10 Å². The quantitative estimate of drug-likeness (QED) is 0.702. The van der Waals surface area contributed by atoms with E-state index in [4.69, 9.17) is 0 Å². The van der Waals surface area contributed by atoms with Gasteiger partial charge >= 0.3 is 0 Å². The van der Waals surface area contributed by atoms with Crippen LogP contribution < -0.4 is 0 Å². The predicted octanol–water partition coefficient (Wildman–Crippen LogP) is 2.24. The first-order valence-corrected chi connectivity index (χ1v) is 4.54. The zero-order valence-corrected chi connectivity index (χ0v) is 7.63. The maximum atomic E-state index is 12.6. The molecule has 0 bridgehead atoms. The Balaban J connectivity index is 2.22. The lowest BCUT2D eigenvalue weighted by atomic mass is 9.64. The minimum Gasteiger partial charge on any atom is -0.393 e. The van der Waals surface area contributed by atoms with Gasteiger partial charge in [-0.05, 0) is 36.0 Å². The average Bonchev–Trinajstić information content (AvgIpc) is 2.03. The molecule has 0 heterocycles. The molecule has 2 rings (SSSR count). The van der Waals surface area contributed by atoms with Crippen LogP contribution in [0.1, 0.15) is 25.3 Å². The number of rotatable bonds is 1. The minimum atomic E-state index is -0.202. The Morgan fingerprint density at radius 3 is 2.31 bits per heavy atom. The molecule has 1 nitrogen and oxygen atoms in total. The van der Waals surface area contributed by atoms with Crippen molar-refractivity contribution in [3.63, 3.8) is 0 Å². The fraction of sp³-hybridized carbons (Fsp3) is 0.455. The molecule has 0 amide bonds. The van der Waals surface area contributed by atoms with Gasteiger partial charge in [-0.3, -0.25) is 0 Å².